The van der Waals surface area contributed by atoms with Crippen molar-refractivity contribution >= 4 is 5.91 Å². The quantitative estimate of drug-likeness (QED) is 0.0308. The largest absolute Gasteiger partial charge is 0.394 e. The van der Waals surface area contributed by atoms with Gasteiger partial charge in [-0.2, -0.15) is 0 Å². The fraction of sp³-hybridized carbons (Fsp3) is 0.892. The molecule has 0 rings (SSSR count). The maximum atomic E-state index is 12.6. The third kappa shape index (κ3) is 53.2. The van der Waals surface area contributed by atoms with Gasteiger partial charge in [0.1, 0.15) is 12.2 Å². The summed E-state index contributed by atoms with van der Waals surface area (Å²) >= 11 is 0. The first-order chi connectivity index (χ1) is 35.0. The minimum atomic E-state index is -1.29. The lowest BCUT2D eigenvalue weighted by atomic mass is 10.00. The lowest BCUT2D eigenvalue weighted by molar-refractivity contribution is -0.132. The minimum Gasteiger partial charge on any atom is -0.394 e. The first-order valence-corrected chi connectivity index (χ1v) is 31.9. The van der Waals surface area contributed by atoms with Crippen LogP contribution in [-0.4, -0.2) is 57.3 Å². The Hall–Kier alpha value is -1.47. The zero-order valence-electron chi connectivity index (χ0n) is 47.7. The van der Waals surface area contributed by atoms with Crippen molar-refractivity contribution in [2.45, 2.75) is 366 Å². The van der Waals surface area contributed by atoms with Gasteiger partial charge in [-0.25, -0.2) is 0 Å². The SMILES string of the molecule is CCCCCCCCCCCCCC/C=C\CCCCCCCCCCC(O)C(=O)NC(CO)C(O)C(O)CCC/C=C/CC/C=C/CCCCCCCCCCCCCCCCCCCCCCCC. The molecule has 0 aromatic carbocycles. The van der Waals surface area contributed by atoms with Crippen molar-refractivity contribution in [1.82, 2.24) is 5.32 Å². The Morgan fingerprint density at radius 3 is 0.887 bits per heavy atom. The summed E-state index contributed by atoms with van der Waals surface area (Å²) in [6, 6.07) is -1.01. The number of amides is 1. The van der Waals surface area contributed by atoms with Gasteiger partial charge in [-0.3, -0.25) is 4.79 Å². The van der Waals surface area contributed by atoms with E-state index in [0.717, 1.165) is 38.5 Å². The van der Waals surface area contributed by atoms with Crippen LogP contribution in [0.5, 0.6) is 0 Å². The van der Waals surface area contributed by atoms with Crippen molar-refractivity contribution in [3.63, 3.8) is 0 Å². The number of carbonyl (C=O) groups is 1. The molecule has 6 nitrogen and oxygen atoms in total. The monoisotopic (exact) mass is 1000 g/mol. The topological polar surface area (TPSA) is 110 Å². The van der Waals surface area contributed by atoms with Crippen molar-refractivity contribution in [2.24, 2.45) is 0 Å². The Morgan fingerprint density at radius 2 is 0.592 bits per heavy atom. The van der Waals surface area contributed by atoms with Crippen molar-refractivity contribution in [3.8, 4) is 0 Å². The van der Waals surface area contributed by atoms with Crippen molar-refractivity contribution in [3.05, 3.63) is 36.5 Å². The van der Waals surface area contributed by atoms with E-state index < -0.39 is 36.9 Å². The molecule has 0 fully saturated rings. The molecule has 0 aliphatic heterocycles. The fourth-order valence-corrected chi connectivity index (χ4v) is 10.1. The highest BCUT2D eigenvalue weighted by atomic mass is 16.3. The maximum absolute atomic E-state index is 12.6. The predicted molar refractivity (Wildman–Crippen MR) is 311 cm³/mol. The number of unbranched alkanes of at least 4 members (excludes halogenated alkanes) is 44. The highest BCUT2D eigenvalue weighted by molar-refractivity contribution is 5.80. The lowest BCUT2D eigenvalue weighted by Crippen LogP contribution is -2.53. The van der Waals surface area contributed by atoms with Gasteiger partial charge in [-0.1, -0.05) is 301 Å². The Bertz CT molecular complexity index is 1120. The van der Waals surface area contributed by atoms with Crippen LogP contribution in [0, 0.1) is 0 Å². The predicted octanol–water partition coefficient (Wildman–Crippen LogP) is 19.1. The van der Waals surface area contributed by atoms with Crippen LogP contribution in [0.1, 0.15) is 341 Å². The highest BCUT2D eigenvalue weighted by Crippen LogP contribution is 2.18. The van der Waals surface area contributed by atoms with E-state index in [1.807, 2.05) is 0 Å². The van der Waals surface area contributed by atoms with Crippen LogP contribution < -0.4 is 5.32 Å². The van der Waals surface area contributed by atoms with Crippen LogP contribution in [0.3, 0.4) is 0 Å². The summed E-state index contributed by atoms with van der Waals surface area (Å²) in [4.78, 5) is 12.6. The first-order valence-electron chi connectivity index (χ1n) is 31.9. The summed E-state index contributed by atoms with van der Waals surface area (Å²) < 4.78 is 0. The molecule has 1 amide bonds. The molecule has 0 radical (unpaired) electrons. The number of nitrogens with one attached hydrogen (secondary N) is 1. The molecule has 6 heteroatoms. The van der Waals surface area contributed by atoms with Crippen LogP contribution in [0.2, 0.25) is 0 Å². The number of carbonyl (C=O) groups excluding carboxylic acids is 1. The number of hydrogen-bond donors (Lipinski definition) is 5. The molecule has 4 atom stereocenters. The molecule has 71 heavy (non-hydrogen) atoms. The van der Waals surface area contributed by atoms with E-state index in [2.05, 4.69) is 55.6 Å². The molecule has 0 saturated carbocycles. The second-order valence-electron chi connectivity index (χ2n) is 22.1. The smallest absolute Gasteiger partial charge is 0.249 e. The molecule has 0 aromatic rings. The van der Waals surface area contributed by atoms with E-state index in [9.17, 15) is 25.2 Å². The standard InChI is InChI=1S/C65H125NO5/c1-3-5-7-9-11-13-15-17-19-21-23-25-27-29-30-31-32-33-34-35-37-38-40-42-44-46-48-50-52-54-56-58-62(68)64(70)61(60-67)66-65(71)63(69)59-57-55-53-51-49-47-45-43-41-39-36-28-26-24-22-20-18-16-14-12-10-8-6-4-2/h36,39,42,44,50,52,61-64,67-70H,3-35,37-38,40-41,43,45-49,51,53-60H2,1-2H3,(H,66,71)/b39-36-,44-42+,52-50+. The fourth-order valence-electron chi connectivity index (χ4n) is 10.1. The van der Waals surface area contributed by atoms with Gasteiger partial charge >= 0.3 is 0 Å². The number of hydrogen-bond acceptors (Lipinski definition) is 5. The van der Waals surface area contributed by atoms with Gasteiger partial charge in [0.2, 0.25) is 5.91 Å². The van der Waals surface area contributed by atoms with Crippen molar-refractivity contribution in [2.75, 3.05) is 6.61 Å². The molecule has 0 aliphatic rings. The first kappa shape index (κ1) is 69.5. The molecular formula is C65H125NO5. The van der Waals surface area contributed by atoms with E-state index in [1.165, 1.54) is 270 Å². The Kier molecular flexibility index (Phi) is 58.2. The van der Waals surface area contributed by atoms with E-state index in [-0.39, 0.29) is 0 Å². The lowest BCUT2D eigenvalue weighted by Gasteiger charge is -2.27. The van der Waals surface area contributed by atoms with Crippen LogP contribution >= 0.6 is 0 Å². The second-order valence-corrected chi connectivity index (χ2v) is 22.1. The Morgan fingerprint density at radius 1 is 0.338 bits per heavy atom. The van der Waals surface area contributed by atoms with E-state index in [0.29, 0.717) is 19.3 Å². The summed E-state index contributed by atoms with van der Waals surface area (Å²) in [6.45, 7) is 4.08. The van der Waals surface area contributed by atoms with E-state index in [1.54, 1.807) is 0 Å². The van der Waals surface area contributed by atoms with Gasteiger partial charge in [-0.15, -0.1) is 0 Å². The summed E-state index contributed by atoms with van der Waals surface area (Å²) in [7, 11) is 0. The van der Waals surface area contributed by atoms with Crippen LogP contribution in [0.15, 0.2) is 36.5 Å². The molecule has 4 unspecified atom stereocenters. The van der Waals surface area contributed by atoms with Gasteiger partial charge in [0, 0.05) is 0 Å². The highest BCUT2D eigenvalue weighted by Gasteiger charge is 2.28. The zero-order chi connectivity index (χ0) is 51.6. The molecule has 0 aromatic heterocycles. The van der Waals surface area contributed by atoms with Crippen LogP contribution in [-0.2, 0) is 4.79 Å². The number of allylic oxidation sites excluding steroid dienone is 6. The minimum absolute atomic E-state index is 0.357. The van der Waals surface area contributed by atoms with Gasteiger partial charge in [0.25, 0.3) is 0 Å². The summed E-state index contributed by atoms with van der Waals surface area (Å²) in [5.41, 5.74) is 0. The second kappa shape index (κ2) is 59.4. The zero-order valence-corrected chi connectivity index (χ0v) is 47.7. The summed E-state index contributed by atoms with van der Waals surface area (Å²) in [6.07, 6.45) is 75.3. The maximum Gasteiger partial charge on any atom is 0.249 e. The third-order valence-electron chi connectivity index (χ3n) is 15.1. The average molecular weight is 1000 g/mol. The van der Waals surface area contributed by atoms with Crippen LogP contribution in [0.4, 0.5) is 0 Å². The molecule has 0 heterocycles. The molecule has 5 N–H and O–H groups in total. The summed E-state index contributed by atoms with van der Waals surface area (Å²) in [5.74, 6) is -0.596. The van der Waals surface area contributed by atoms with Crippen molar-refractivity contribution < 1.29 is 25.2 Å². The summed E-state index contributed by atoms with van der Waals surface area (Å²) in [5, 5.41) is 44.1. The molecule has 420 valence electrons. The van der Waals surface area contributed by atoms with Gasteiger partial charge in [0.05, 0.1) is 18.8 Å². The van der Waals surface area contributed by atoms with Gasteiger partial charge in [0.15, 0.2) is 0 Å². The molecule has 0 aliphatic carbocycles. The Labute approximate surface area is 443 Å². The number of rotatable bonds is 59. The molecule has 0 saturated heterocycles. The average Bonchev–Trinajstić information content (AvgIpc) is 3.38. The van der Waals surface area contributed by atoms with Gasteiger partial charge < -0.3 is 25.7 Å². The normalized spacial score (nSPS) is 13.8. The van der Waals surface area contributed by atoms with E-state index in [4.69, 9.17) is 0 Å². The molecular weight excluding hydrogens is 875 g/mol. The van der Waals surface area contributed by atoms with E-state index >= 15 is 0 Å². The molecule has 0 spiro atoms. The molecule has 0 bridgehead atoms. The number of aliphatic hydroxyl groups is 4. The van der Waals surface area contributed by atoms with Crippen LogP contribution in [0.25, 0.3) is 0 Å². The third-order valence-corrected chi connectivity index (χ3v) is 15.1. The van der Waals surface area contributed by atoms with Crippen molar-refractivity contribution in [1.29, 1.82) is 0 Å². The number of aliphatic hydroxyl groups excluding tert-OH is 4. The van der Waals surface area contributed by atoms with Gasteiger partial charge in [-0.05, 0) is 77.0 Å². The Balaban J connectivity index is 3.63.